The monoisotopic (exact) mass is 413 g/mol. The van der Waals surface area contributed by atoms with Crippen LogP contribution < -0.4 is 10.1 Å². The summed E-state index contributed by atoms with van der Waals surface area (Å²) in [5.74, 6) is 0.847. The molecule has 3 rings (SSSR count). The van der Waals surface area contributed by atoms with Crippen molar-refractivity contribution in [1.29, 1.82) is 5.26 Å². The molecule has 0 radical (unpaired) electrons. The maximum atomic E-state index is 12.5. The molecule has 1 unspecified atom stereocenters. The van der Waals surface area contributed by atoms with E-state index in [-0.39, 0.29) is 5.91 Å². The number of anilines is 1. The second-order valence-electron chi connectivity index (χ2n) is 5.72. The molecule has 0 saturated heterocycles. The van der Waals surface area contributed by atoms with Crippen molar-refractivity contribution in [3.8, 4) is 23.2 Å². The Morgan fingerprint density at radius 2 is 2.14 bits per heavy atom. The van der Waals surface area contributed by atoms with Crippen LogP contribution in [0, 0.1) is 11.3 Å². The van der Waals surface area contributed by atoms with Crippen molar-refractivity contribution < 1.29 is 9.53 Å². The number of benzene rings is 2. The zero-order valence-electron chi connectivity index (χ0n) is 15.1. The first kappa shape index (κ1) is 19.7. The highest BCUT2D eigenvalue weighted by molar-refractivity contribution is 8.00. The van der Waals surface area contributed by atoms with Crippen LogP contribution in [-0.4, -0.2) is 33.4 Å². The summed E-state index contributed by atoms with van der Waals surface area (Å²) in [6.07, 6.45) is 0. The van der Waals surface area contributed by atoms with Gasteiger partial charge < -0.3 is 10.1 Å². The molecule has 1 atom stereocenters. The molecule has 3 aromatic rings. The standard InChI is InChI=1S/C19H16ClN5O2S/c1-11(18(26)22-15-6-4-3-5-12(15)10-21)28-19-23-17(24-25-19)14-9-13(20)7-8-16(14)27-2/h3-9,11H,1-2H3,(H,22,26)(H,23,24,25). The fourth-order valence-electron chi connectivity index (χ4n) is 2.42. The van der Waals surface area contributed by atoms with Crippen LogP contribution in [0.4, 0.5) is 5.69 Å². The average molecular weight is 414 g/mol. The van der Waals surface area contributed by atoms with Gasteiger partial charge in [-0.15, -0.1) is 5.10 Å². The molecule has 2 N–H and O–H groups in total. The van der Waals surface area contributed by atoms with Crippen LogP contribution in [0.1, 0.15) is 12.5 Å². The van der Waals surface area contributed by atoms with Gasteiger partial charge in [-0.2, -0.15) is 5.26 Å². The zero-order chi connectivity index (χ0) is 20.1. The van der Waals surface area contributed by atoms with Gasteiger partial charge in [0.1, 0.15) is 11.8 Å². The fraction of sp³-hybridized carbons (Fsp3) is 0.158. The van der Waals surface area contributed by atoms with Gasteiger partial charge in [0.25, 0.3) is 0 Å². The molecular formula is C19H16ClN5O2S. The number of carbonyl (C=O) groups excluding carboxylic acids is 1. The van der Waals surface area contributed by atoms with E-state index in [2.05, 4.69) is 26.6 Å². The summed E-state index contributed by atoms with van der Waals surface area (Å²) in [6.45, 7) is 1.74. The fourth-order valence-corrected chi connectivity index (χ4v) is 3.32. The Kier molecular flexibility index (Phi) is 6.19. The maximum Gasteiger partial charge on any atom is 0.237 e. The van der Waals surface area contributed by atoms with Crippen LogP contribution in [-0.2, 0) is 4.79 Å². The molecule has 0 bridgehead atoms. The maximum absolute atomic E-state index is 12.5. The number of rotatable bonds is 6. The molecule has 1 amide bonds. The minimum atomic E-state index is -0.475. The normalized spacial score (nSPS) is 11.5. The van der Waals surface area contributed by atoms with Crippen LogP contribution in [0.3, 0.4) is 0 Å². The number of hydrogen-bond acceptors (Lipinski definition) is 6. The number of aromatic amines is 1. The second-order valence-corrected chi connectivity index (χ2v) is 7.46. The number of nitrogens with one attached hydrogen (secondary N) is 2. The Balaban J connectivity index is 1.72. The summed E-state index contributed by atoms with van der Waals surface area (Å²) in [7, 11) is 1.56. The number of para-hydroxylation sites is 1. The number of H-pyrrole nitrogens is 1. The number of nitriles is 1. The van der Waals surface area contributed by atoms with Crippen molar-refractivity contribution in [2.24, 2.45) is 0 Å². The van der Waals surface area contributed by atoms with Crippen LogP contribution in [0.2, 0.25) is 5.02 Å². The first-order chi connectivity index (χ1) is 13.5. The van der Waals surface area contributed by atoms with E-state index in [0.717, 1.165) is 0 Å². The first-order valence-electron chi connectivity index (χ1n) is 8.24. The van der Waals surface area contributed by atoms with E-state index >= 15 is 0 Å². The lowest BCUT2D eigenvalue weighted by Crippen LogP contribution is -2.23. The van der Waals surface area contributed by atoms with Crippen LogP contribution in [0.5, 0.6) is 5.75 Å². The van der Waals surface area contributed by atoms with Crippen molar-refractivity contribution in [3.63, 3.8) is 0 Å². The topological polar surface area (TPSA) is 104 Å². The van der Waals surface area contributed by atoms with Crippen molar-refractivity contribution >= 4 is 35.0 Å². The van der Waals surface area contributed by atoms with Crippen molar-refractivity contribution in [2.45, 2.75) is 17.3 Å². The first-order valence-corrected chi connectivity index (χ1v) is 9.50. The highest BCUT2D eigenvalue weighted by Crippen LogP contribution is 2.31. The molecule has 28 heavy (non-hydrogen) atoms. The van der Waals surface area contributed by atoms with Gasteiger partial charge in [-0.25, -0.2) is 4.98 Å². The summed E-state index contributed by atoms with van der Waals surface area (Å²) in [5.41, 5.74) is 1.55. The van der Waals surface area contributed by atoms with Gasteiger partial charge in [0, 0.05) is 5.02 Å². The summed E-state index contributed by atoms with van der Waals surface area (Å²) in [6, 6.07) is 14.1. The number of methoxy groups -OCH3 is 1. The van der Waals surface area contributed by atoms with Gasteiger partial charge in [-0.3, -0.25) is 9.89 Å². The molecule has 1 heterocycles. The lowest BCUT2D eigenvalue weighted by atomic mass is 10.2. The Labute approximate surface area is 171 Å². The van der Waals surface area contributed by atoms with E-state index in [1.807, 2.05) is 0 Å². The molecule has 1 aromatic heterocycles. The Bertz CT molecular complexity index is 1050. The number of hydrogen-bond donors (Lipinski definition) is 2. The van der Waals surface area contributed by atoms with Gasteiger partial charge in [0.15, 0.2) is 5.82 Å². The van der Waals surface area contributed by atoms with E-state index < -0.39 is 5.25 Å². The molecule has 0 spiro atoms. The van der Waals surface area contributed by atoms with Crippen molar-refractivity contribution in [3.05, 3.63) is 53.1 Å². The molecule has 9 heteroatoms. The average Bonchev–Trinajstić information content (AvgIpc) is 3.16. The summed E-state index contributed by atoms with van der Waals surface area (Å²) in [5, 5.41) is 19.4. The molecular weight excluding hydrogens is 398 g/mol. The molecule has 0 aliphatic heterocycles. The molecule has 7 nitrogen and oxygen atoms in total. The SMILES string of the molecule is COc1ccc(Cl)cc1-c1nc(SC(C)C(=O)Nc2ccccc2C#N)n[nH]1. The number of aromatic nitrogens is 3. The third-order valence-electron chi connectivity index (χ3n) is 3.84. The largest absolute Gasteiger partial charge is 0.496 e. The Morgan fingerprint density at radius 3 is 2.89 bits per heavy atom. The highest BCUT2D eigenvalue weighted by Gasteiger charge is 2.19. The van der Waals surface area contributed by atoms with E-state index in [4.69, 9.17) is 21.6 Å². The zero-order valence-corrected chi connectivity index (χ0v) is 16.6. The Hall–Kier alpha value is -3.02. The van der Waals surface area contributed by atoms with Crippen molar-refractivity contribution in [2.75, 3.05) is 12.4 Å². The lowest BCUT2D eigenvalue weighted by Gasteiger charge is -2.11. The quantitative estimate of drug-likeness (QED) is 0.589. The van der Waals surface area contributed by atoms with E-state index in [9.17, 15) is 4.79 Å². The molecule has 0 aliphatic rings. The lowest BCUT2D eigenvalue weighted by molar-refractivity contribution is -0.115. The minimum Gasteiger partial charge on any atom is -0.496 e. The van der Waals surface area contributed by atoms with Crippen LogP contribution in [0.15, 0.2) is 47.6 Å². The molecule has 142 valence electrons. The van der Waals surface area contributed by atoms with Gasteiger partial charge in [0.05, 0.1) is 29.2 Å². The van der Waals surface area contributed by atoms with Gasteiger partial charge in [0.2, 0.25) is 11.1 Å². The van der Waals surface area contributed by atoms with Gasteiger partial charge >= 0.3 is 0 Å². The molecule has 0 saturated carbocycles. The highest BCUT2D eigenvalue weighted by atomic mass is 35.5. The van der Waals surface area contributed by atoms with Gasteiger partial charge in [-0.1, -0.05) is 35.5 Å². The summed E-state index contributed by atoms with van der Waals surface area (Å²) in [4.78, 5) is 16.9. The smallest absolute Gasteiger partial charge is 0.237 e. The minimum absolute atomic E-state index is 0.251. The number of nitrogens with zero attached hydrogens (tertiary/aromatic N) is 3. The van der Waals surface area contributed by atoms with Gasteiger partial charge in [-0.05, 0) is 37.3 Å². The number of carbonyl (C=O) groups is 1. The third-order valence-corrected chi connectivity index (χ3v) is 5.03. The van der Waals surface area contributed by atoms with Crippen molar-refractivity contribution in [1.82, 2.24) is 15.2 Å². The molecule has 2 aromatic carbocycles. The summed E-state index contributed by atoms with van der Waals surface area (Å²) < 4.78 is 5.33. The van der Waals surface area contributed by atoms with Crippen LogP contribution in [0.25, 0.3) is 11.4 Å². The van der Waals surface area contributed by atoms with E-state index in [0.29, 0.717) is 38.6 Å². The predicted octanol–water partition coefficient (Wildman–Crippen LogP) is 4.12. The number of thioether (sulfide) groups is 1. The van der Waals surface area contributed by atoms with Crippen LogP contribution >= 0.6 is 23.4 Å². The summed E-state index contributed by atoms with van der Waals surface area (Å²) >= 11 is 7.25. The third kappa shape index (κ3) is 4.44. The molecule has 0 fully saturated rings. The van der Waals surface area contributed by atoms with E-state index in [1.165, 1.54) is 11.8 Å². The number of amides is 1. The number of halogens is 1. The van der Waals surface area contributed by atoms with E-state index in [1.54, 1.807) is 56.5 Å². The molecule has 0 aliphatic carbocycles. The predicted molar refractivity (Wildman–Crippen MR) is 108 cm³/mol. The second kappa shape index (κ2) is 8.78. The number of ether oxygens (including phenoxy) is 1. The Morgan fingerprint density at radius 1 is 1.36 bits per heavy atom.